The molecule has 94 valence electrons. The van der Waals surface area contributed by atoms with Crippen molar-refractivity contribution in [3.63, 3.8) is 0 Å². The van der Waals surface area contributed by atoms with Gasteiger partial charge in [0, 0.05) is 29.3 Å². The average molecular weight is 285 g/mol. The van der Waals surface area contributed by atoms with E-state index in [1.807, 2.05) is 6.07 Å². The molecule has 1 aromatic rings. The molecule has 18 heavy (non-hydrogen) atoms. The third kappa shape index (κ3) is 2.47. The standard InChI is InChI=1S/C11H9ClN2O3S/c12-18(16,17)10-5-11(15)14(7-10)9-3-1-2-8(4-9)6-13/h1-4,10H,5,7H2. The van der Waals surface area contributed by atoms with Gasteiger partial charge in [-0.1, -0.05) is 6.07 Å². The summed E-state index contributed by atoms with van der Waals surface area (Å²) in [6.45, 7) is 0.0273. The Morgan fingerprint density at radius 3 is 2.72 bits per heavy atom. The van der Waals surface area contributed by atoms with Crippen LogP contribution in [0, 0.1) is 11.3 Å². The van der Waals surface area contributed by atoms with E-state index >= 15 is 0 Å². The van der Waals surface area contributed by atoms with Gasteiger partial charge in [-0.2, -0.15) is 5.26 Å². The lowest BCUT2D eigenvalue weighted by atomic mass is 10.2. The lowest BCUT2D eigenvalue weighted by Gasteiger charge is -2.16. The predicted octanol–water partition coefficient (Wildman–Crippen LogP) is 1.23. The van der Waals surface area contributed by atoms with Gasteiger partial charge in [0.2, 0.25) is 15.0 Å². The molecule has 2 rings (SSSR count). The molecule has 1 aromatic carbocycles. The maximum absolute atomic E-state index is 11.8. The van der Waals surface area contributed by atoms with Gasteiger partial charge in [-0.05, 0) is 18.2 Å². The second-order valence-electron chi connectivity index (χ2n) is 3.97. The number of nitriles is 1. The second-order valence-corrected chi connectivity index (χ2v) is 6.88. The largest absolute Gasteiger partial charge is 0.311 e. The van der Waals surface area contributed by atoms with Crippen molar-refractivity contribution >= 4 is 31.3 Å². The first-order valence-electron chi connectivity index (χ1n) is 5.16. The van der Waals surface area contributed by atoms with Crippen LogP contribution in [0.15, 0.2) is 24.3 Å². The maximum Gasteiger partial charge on any atom is 0.237 e. The number of anilines is 1. The zero-order valence-corrected chi connectivity index (χ0v) is 10.8. The summed E-state index contributed by atoms with van der Waals surface area (Å²) in [4.78, 5) is 13.1. The lowest BCUT2D eigenvalue weighted by molar-refractivity contribution is -0.117. The Labute approximate surface area is 109 Å². The number of nitrogens with zero attached hydrogens (tertiary/aromatic N) is 2. The first-order chi connectivity index (χ1) is 8.41. The summed E-state index contributed by atoms with van der Waals surface area (Å²) in [6, 6.07) is 8.42. The van der Waals surface area contributed by atoms with E-state index in [2.05, 4.69) is 0 Å². The van der Waals surface area contributed by atoms with Gasteiger partial charge in [-0.3, -0.25) is 4.79 Å². The van der Waals surface area contributed by atoms with Crippen LogP contribution in [0.25, 0.3) is 0 Å². The van der Waals surface area contributed by atoms with Crippen LogP contribution in [0.5, 0.6) is 0 Å². The smallest absolute Gasteiger partial charge is 0.237 e. The Bertz CT molecular complexity index is 636. The Hall–Kier alpha value is -1.58. The van der Waals surface area contributed by atoms with Gasteiger partial charge >= 0.3 is 0 Å². The van der Waals surface area contributed by atoms with Gasteiger partial charge in [0.05, 0.1) is 11.6 Å². The van der Waals surface area contributed by atoms with E-state index in [0.717, 1.165) is 0 Å². The molecule has 7 heteroatoms. The predicted molar refractivity (Wildman–Crippen MR) is 66.7 cm³/mol. The molecule has 1 unspecified atom stereocenters. The Kier molecular flexibility index (Phi) is 3.28. The van der Waals surface area contributed by atoms with Crippen molar-refractivity contribution in [3.05, 3.63) is 29.8 Å². The topological polar surface area (TPSA) is 78.2 Å². The van der Waals surface area contributed by atoms with Crippen LogP contribution < -0.4 is 4.90 Å². The van der Waals surface area contributed by atoms with Crippen LogP contribution in [-0.4, -0.2) is 26.1 Å². The molecule has 0 N–H and O–H groups in total. The van der Waals surface area contributed by atoms with E-state index in [1.54, 1.807) is 24.3 Å². The van der Waals surface area contributed by atoms with Crippen molar-refractivity contribution < 1.29 is 13.2 Å². The molecular weight excluding hydrogens is 276 g/mol. The van der Waals surface area contributed by atoms with E-state index in [1.165, 1.54) is 4.90 Å². The minimum Gasteiger partial charge on any atom is -0.311 e. The van der Waals surface area contributed by atoms with Crippen LogP contribution in [0.4, 0.5) is 5.69 Å². The molecule has 1 amide bonds. The van der Waals surface area contributed by atoms with Gasteiger partial charge in [0.15, 0.2) is 0 Å². The Balaban J connectivity index is 2.30. The third-order valence-corrected chi connectivity index (χ3v) is 4.64. The second kappa shape index (κ2) is 4.59. The molecule has 1 atom stereocenters. The SMILES string of the molecule is N#Cc1cccc(N2CC(S(=O)(=O)Cl)CC2=O)c1. The van der Waals surface area contributed by atoms with Gasteiger partial charge in [-0.15, -0.1) is 0 Å². The van der Waals surface area contributed by atoms with Crippen LogP contribution >= 0.6 is 10.7 Å². The van der Waals surface area contributed by atoms with Crippen molar-refractivity contribution in [2.75, 3.05) is 11.4 Å². The quantitative estimate of drug-likeness (QED) is 0.765. The number of hydrogen-bond acceptors (Lipinski definition) is 4. The fourth-order valence-corrected chi connectivity index (χ4v) is 2.88. The van der Waals surface area contributed by atoms with E-state index in [9.17, 15) is 13.2 Å². The van der Waals surface area contributed by atoms with Crippen molar-refractivity contribution in [1.29, 1.82) is 5.26 Å². The molecule has 0 saturated carbocycles. The summed E-state index contributed by atoms with van der Waals surface area (Å²) >= 11 is 0. The van der Waals surface area contributed by atoms with Crippen molar-refractivity contribution in [1.82, 2.24) is 0 Å². The minimum absolute atomic E-state index is 0.0273. The zero-order valence-electron chi connectivity index (χ0n) is 9.21. The fraction of sp³-hybridized carbons (Fsp3) is 0.273. The highest BCUT2D eigenvalue weighted by molar-refractivity contribution is 8.14. The van der Waals surface area contributed by atoms with E-state index in [-0.39, 0.29) is 18.9 Å². The van der Waals surface area contributed by atoms with Gasteiger partial charge in [0.25, 0.3) is 0 Å². The number of benzene rings is 1. The number of carbonyl (C=O) groups is 1. The van der Waals surface area contributed by atoms with E-state index in [0.29, 0.717) is 11.3 Å². The molecule has 0 spiro atoms. The molecule has 1 heterocycles. The van der Waals surface area contributed by atoms with Crippen LogP contribution in [-0.2, 0) is 13.8 Å². The summed E-state index contributed by atoms with van der Waals surface area (Å²) in [6.07, 6.45) is -0.122. The highest BCUT2D eigenvalue weighted by Crippen LogP contribution is 2.27. The highest BCUT2D eigenvalue weighted by atomic mass is 35.7. The molecule has 0 aromatic heterocycles. The molecule has 1 fully saturated rings. The number of rotatable bonds is 2. The summed E-state index contributed by atoms with van der Waals surface area (Å²) in [5, 5.41) is 7.89. The van der Waals surface area contributed by atoms with E-state index in [4.69, 9.17) is 15.9 Å². The van der Waals surface area contributed by atoms with E-state index < -0.39 is 14.3 Å². The summed E-state index contributed by atoms with van der Waals surface area (Å²) in [5.74, 6) is -0.306. The molecule has 1 saturated heterocycles. The fourth-order valence-electron chi connectivity index (χ4n) is 1.86. The zero-order chi connectivity index (χ0) is 13.3. The summed E-state index contributed by atoms with van der Waals surface area (Å²) in [7, 11) is 1.51. The monoisotopic (exact) mass is 284 g/mol. The molecule has 0 aliphatic carbocycles. The lowest BCUT2D eigenvalue weighted by Crippen LogP contribution is -2.26. The van der Waals surface area contributed by atoms with Crippen molar-refractivity contribution in [2.24, 2.45) is 0 Å². The van der Waals surface area contributed by atoms with Gasteiger partial charge in [0.1, 0.15) is 5.25 Å². The highest BCUT2D eigenvalue weighted by Gasteiger charge is 2.37. The summed E-state index contributed by atoms with van der Waals surface area (Å²) < 4.78 is 22.4. The number of amides is 1. The normalized spacial score (nSPS) is 19.9. The molecular formula is C11H9ClN2O3S. The molecule has 5 nitrogen and oxygen atoms in total. The summed E-state index contributed by atoms with van der Waals surface area (Å²) in [5.41, 5.74) is 0.930. The molecule has 1 aliphatic heterocycles. The van der Waals surface area contributed by atoms with Crippen molar-refractivity contribution in [3.8, 4) is 6.07 Å². The van der Waals surface area contributed by atoms with Crippen LogP contribution in [0.3, 0.4) is 0 Å². The van der Waals surface area contributed by atoms with Crippen LogP contribution in [0.2, 0.25) is 0 Å². The van der Waals surface area contributed by atoms with Crippen LogP contribution in [0.1, 0.15) is 12.0 Å². The van der Waals surface area contributed by atoms with Gasteiger partial charge in [-0.25, -0.2) is 8.42 Å². The number of halogens is 1. The molecule has 1 aliphatic rings. The minimum atomic E-state index is -3.75. The number of hydrogen-bond donors (Lipinski definition) is 0. The van der Waals surface area contributed by atoms with Crippen molar-refractivity contribution in [2.45, 2.75) is 11.7 Å². The first-order valence-corrected chi connectivity index (χ1v) is 7.53. The third-order valence-electron chi connectivity index (χ3n) is 2.77. The first kappa shape index (κ1) is 12.9. The van der Waals surface area contributed by atoms with Gasteiger partial charge < -0.3 is 4.90 Å². The Morgan fingerprint density at radius 1 is 1.44 bits per heavy atom. The maximum atomic E-state index is 11.8. The number of carbonyl (C=O) groups excluding carboxylic acids is 1. The average Bonchev–Trinajstić information content (AvgIpc) is 2.71. The molecule has 0 radical (unpaired) electrons. The Morgan fingerprint density at radius 2 is 2.17 bits per heavy atom. The molecule has 0 bridgehead atoms.